The van der Waals surface area contributed by atoms with Crippen molar-refractivity contribution in [3.05, 3.63) is 257 Å². The third-order valence-corrected chi connectivity index (χ3v) is 15.1. The molecule has 0 N–H and O–H groups in total. The van der Waals surface area contributed by atoms with Crippen LogP contribution < -0.4 is 0 Å². The summed E-state index contributed by atoms with van der Waals surface area (Å²) in [5, 5.41) is 7.14. The first-order valence-electron chi connectivity index (χ1n) is 24.7. The van der Waals surface area contributed by atoms with Crippen molar-refractivity contribution < 1.29 is 4.42 Å². The van der Waals surface area contributed by atoms with E-state index in [-0.39, 0.29) is 11.8 Å². The van der Waals surface area contributed by atoms with E-state index in [2.05, 4.69) is 232 Å². The first kappa shape index (κ1) is 41.8. The minimum absolute atomic E-state index is 0.157. The lowest BCUT2D eigenvalue weighted by Crippen LogP contribution is -2.20. The highest BCUT2D eigenvalue weighted by atomic mass is 16.3. The van der Waals surface area contributed by atoms with Crippen LogP contribution in [0.4, 0.5) is 0 Å². The maximum absolute atomic E-state index is 6.89. The lowest BCUT2D eigenvalue weighted by molar-refractivity contribution is 0.567. The number of hydrogen-bond acceptors (Lipinski definition) is 3. The molecule has 10 aromatic carbocycles. The number of nitrogens with zero attached hydrogens (tertiary/aromatic N) is 2. The van der Waals surface area contributed by atoms with Gasteiger partial charge >= 0.3 is 0 Å². The molecule has 0 saturated carbocycles. The number of hydrogen-bond donors (Lipinski definition) is 0. The van der Waals surface area contributed by atoms with Crippen molar-refractivity contribution in [2.45, 2.75) is 44.9 Å². The van der Waals surface area contributed by atoms with E-state index in [0.29, 0.717) is 0 Å². The van der Waals surface area contributed by atoms with E-state index in [4.69, 9.17) is 14.4 Å². The Balaban J connectivity index is 1.04. The molecule has 2 aliphatic rings. The van der Waals surface area contributed by atoms with Gasteiger partial charge in [-0.2, -0.15) is 0 Å². The molecule has 13 rings (SSSR count). The summed E-state index contributed by atoms with van der Waals surface area (Å²) in [5.41, 5.74) is 19.6. The van der Waals surface area contributed by atoms with Gasteiger partial charge in [-0.25, -0.2) is 9.98 Å². The van der Waals surface area contributed by atoms with Gasteiger partial charge in [0, 0.05) is 21.9 Å². The van der Waals surface area contributed by atoms with Crippen molar-refractivity contribution in [2.24, 2.45) is 9.98 Å². The van der Waals surface area contributed by atoms with Gasteiger partial charge in [0.05, 0.1) is 11.4 Å². The third-order valence-electron chi connectivity index (χ3n) is 15.1. The predicted molar refractivity (Wildman–Crippen MR) is 294 cm³/mol. The largest absolute Gasteiger partial charge is 0.456 e. The van der Waals surface area contributed by atoms with Gasteiger partial charge in [-0.1, -0.05) is 195 Å². The Labute approximate surface area is 408 Å². The number of allylic oxidation sites excluding steroid dienone is 1. The molecule has 3 nitrogen and oxygen atoms in total. The Morgan fingerprint density at radius 3 is 1.69 bits per heavy atom. The van der Waals surface area contributed by atoms with E-state index >= 15 is 0 Å². The average molecular weight is 899 g/mol. The van der Waals surface area contributed by atoms with Crippen LogP contribution in [0.1, 0.15) is 71.9 Å². The topological polar surface area (TPSA) is 37.9 Å². The summed E-state index contributed by atoms with van der Waals surface area (Å²) in [4.78, 5) is 11.6. The molecule has 1 aromatic heterocycles. The number of furan rings is 1. The number of aliphatic imine (C=N–C) groups is 2. The highest BCUT2D eigenvalue weighted by molar-refractivity contribution is 6.19. The molecule has 0 saturated heterocycles. The molecule has 0 radical (unpaired) electrons. The number of rotatable bonds is 7. The Morgan fingerprint density at radius 1 is 0.443 bits per heavy atom. The lowest BCUT2D eigenvalue weighted by atomic mass is 9.69. The van der Waals surface area contributed by atoms with E-state index in [1.54, 1.807) is 0 Å². The lowest BCUT2D eigenvalue weighted by Gasteiger charge is -2.34. The standard InChI is InChI=1S/C67H50N2O/c1-42-25-35-62(48-30-26-46(27-31-48)44-15-5-3-6-16-44)68-67(69-66(42)49-32-28-47(29-33-49)45-17-7-4-8-18-45)56-34-36-63-65(61-39-52-21-11-12-22-53(52)40-64(61)70-63)60(56)41-58-43(2)57-37-50-19-9-10-20-51(50)38-59(57)55-24-14-13-23-54(55)58/h3-24,26-34,36-40,43,58H,25,35,41H2,1-2H3/b66-42+,68-62+,69-67-. The van der Waals surface area contributed by atoms with Crippen LogP contribution in [0.15, 0.2) is 238 Å². The van der Waals surface area contributed by atoms with Gasteiger partial charge in [0.25, 0.3) is 0 Å². The quantitative estimate of drug-likeness (QED) is 0.157. The molecule has 1 aliphatic carbocycles. The number of benzene rings is 10. The van der Waals surface area contributed by atoms with Crippen molar-refractivity contribution in [1.29, 1.82) is 0 Å². The van der Waals surface area contributed by atoms with Gasteiger partial charge in [-0.15, -0.1) is 0 Å². The zero-order valence-electron chi connectivity index (χ0n) is 39.4. The molecule has 1 aliphatic heterocycles. The molecule has 0 amide bonds. The summed E-state index contributed by atoms with van der Waals surface area (Å²) in [7, 11) is 0. The van der Waals surface area contributed by atoms with Gasteiger partial charge < -0.3 is 4.42 Å². The molecular weight excluding hydrogens is 849 g/mol. The van der Waals surface area contributed by atoms with Crippen LogP contribution in [0.2, 0.25) is 0 Å². The summed E-state index contributed by atoms with van der Waals surface area (Å²) in [6, 6.07) is 79.3. The Morgan fingerprint density at radius 2 is 1.00 bits per heavy atom. The summed E-state index contributed by atoms with van der Waals surface area (Å²) in [6.07, 6.45) is 2.37. The van der Waals surface area contributed by atoms with Gasteiger partial charge in [-0.05, 0) is 151 Å². The Kier molecular flexibility index (Phi) is 10.3. The molecule has 0 spiro atoms. The average Bonchev–Trinajstić information content (AvgIpc) is 3.78. The fourth-order valence-corrected chi connectivity index (χ4v) is 11.4. The monoisotopic (exact) mass is 898 g/mol. The molecule has 70 heavy (non-hydrogen) atoms. The Bertz CT molecular complexity index is 3910. The van der Waals surface area contributed by atoms with Crippen molar-refractivity contribution in [1.82, 2.24) is 0 Å². The van der Waals surface area contributed by atoms with Gasteiger partial charge in [0.1, 0.15) is 11.2 Å². The minimum Gasteiger partial charge on any atom is -0.456 e. The Hall–Kier alpha value is -8.40. The molecule has 0 bridgehead atoms. The molecule has 334 valence electrons. The third kappa shape index (κ3) is 7.37. The van der Waals surface area contributed by atoms with Crippen molar-refractivity contribution in [3.63, 3.8) is 0 Å². The fourth-order valence-electron chi connectivity index (χ4n) is 11.4. The fraction of sp³-hybridized carbons (Fsp3) is 0.104. The summed E-state index contributed by atoms with van der Waals surface area (Å²) >= 11 is 0. The molecule has 11 aromatic rings. The second-order valence-electron chi connectivity index (χ2n) is 19.2. The zero-order valence-corrected chi connectivity index (χ0v) is 39.4. The van der Waals surface area contributed by atoms with Crippen LogP contribution >= 0.6 is 0 Å². The highest BCUT2D eigenvalue weighted by Crippen LogP contribution is 2.51. The van der Waals surface area contributed by atoms with E-state index in [9.17, 15) is 0 Å². The first-order valence-corrected chi connectivity index (χ1v) is 24.7. The van der Waals surface area contributed by atoms with Crippen molar-refractivity contribution >= 4 is 60.7 Å². The SMILES string of the molecule is C\C1=C(c2ccc(-c3ccccc3)cc2)/N=C(c2ccc3oc4cc5ccccc5cc4c3c2CC2c3ccccc3-c3cc4ccccc4cc3C2C)\N=C(\c2ccc(-c3ccccc3)cc2)CC1. The molecule has 0 fully saturated rings. The van der Waals surface area contributed by atoms with Gasteiger partial charge in [0.15, 0.2) is 5.84 Å². The summed E-state index contributed by atoms with van der Waals surface area (Å²) < 4.78 is 6.89. The smallest absolute Gasteiger partial charge is 0.160 e. The van der Waals surface area contributed by atoms with Crippen LogP contribution in [0.25, 0.3) is 82.6 Å². The second kappa shape index (κ2) is 17.3. The maximum Gasteiger partial charge on any atom is 0.160 e. The first-order chi connectivity index (χ1) is 34.5. The van der Waals surface area contributed by atoms with E-state index in [1.807, 2.05) is 0 Å². The van der Waals surface area contributed by atoms with E-state index in [0.717, 1.165) is 80.5 Å². The number of fused-ring (bicyclic) bond motifs is 8. The summed E-state index contributed by atoms with van der Waals surface area (Å²) in [5.74, 6) is 1.10. The predicted octanol–water partition coefficient (Wildman–Crippen LogP) is 17.8. The second-order valence-corrected chi connectivity index (χ2v) is 19.2. The van der Waals surface area contributed by atoms with Crippen molar-refractivity contribution in [3.8, 4) is 33.4 Å². The van der Waals surface area contributed by atoms with Crippen LogP contribution in [0.3, 0.4) is 0 Å². The molecule has 2 heterocycles. The van der Waals surface area contributed by atoms with Gasteiger partial charge in [-0.3, -0.25) is 0 Å². The zero-order chi connectivity index (χ0) is 46.7. The van der Waals surface area contributed by atoms with Gasteiger partial charge in [0.2, 0.25) is 0 Å². The normalized spacial score (nSPS) is 18.4. The maximum atomic E-state index is 6.89. The molecule has 2 unspecified atom stereocenters. The highest BCUT2D eigenvalue weighted by Gasteiger charge is 2.33. The molecule has 2 atom stereocenters. The van der Waals surface area contributed by atoms with Crippen molar-refractivity contribution in [2.75, 3.05) is 0 Å². The summed E-state index contributed by atoms with van der Waals surface area (Å²) in [6.45, 7) is 4.69. The molecule has 3 heteroatoms. The van der Waals surface area contributed by atoms with Crippen LogP contribution in [0, 0.1) is 0 Å². The van der Waals surface area contributed by atoms with Crippen LogP contribution in [-0.4, -0.2) is 11.5 Å². The minimum atomic E-state index is 0.157. The van der Waals surface area contributed by atoms with E-state index < -0.39 is 0 Å². The molecular formula is C67H50N2O. The number of amidine groups is 1. The van der Waals surface area contributed by atoms with Crippen LogP contribution in [0.5, 0.6) is 0 Å². The van der Waals surface area contributed by atoms with E-state index in [1.165, 1.54) is 71.8 Å². The van der Waals surface area contributed by atoms with Crippen LogP contribution in [-0.2, 0) is 6.42 Å².